The van der Waals surface area contributed by atoms with Gasteiger partial charge in [-0.3, -0.25) is 0 Å². The molecule has 0 aromatic carbocycles. The Kier molecular flexibility index (Phi) is 5.74. The summed E-state index contributed by atoms with van der Waals surface area (Å²) in [5.41, 5.74) is 0.802. The number of rotatable bonds is 6. The van der Waals surface area contributed by atoms with Crippen molar-refractivity contribution in [1.29, 1.82) is 0 Å². The van der Waals surface area contributed by atoms with Crippen LogP contribution < -0.4 is 10.1 Å². The molecule has 0 fully saturated rings. The van der Waals surface area contributed by atoms with E-state index in [1.807, 2.05) is 27.8 Å². The fourth-order valence-corrected chi connectivity index (χ4v) is 1.64. The van der Waals surface area contributed by atoms with Gasteiger partial charge in [-0.15, -0.1) is 0 Å². The molecule has 1 rings (SSSR count). The number of nitrogens with one attached hydrogen (secondary N) is 1. The van der Waals surface area contributed by atoms with Crippen molar-refractivity contribution in [3.63, 3.8) is 0 Å². The lowest BCUT2D eigenvalue weighted by Crippen LogP contribution is -2.19. The zero-order valence-corrected chi connectivity index (χ0v) is 13.7. The summed E-state index contributed by atoms with van der Waals surface area (Å²) >= 11 is 0. The summed E-state index contributed by atoms with van der Waals surface area (Å²) < 4.78 is 11.2. The second-order valence-corrected chi connectivity index (χ2v) is 6.09. The summed E-state index contributed by atoms with van der Waals surface area (Å²) in [4.78, 5) is 9.09. The van der Waals surface area contributed by atoms with Crippen LogP contribution in [0.5, 0.6) is 5.88 Å². The van der Waals surface area contributed by atoms with Crippen LogP contribution in [0.25, 0.3) is 0 Å². The summed E-state index contributed by atoms with van der Waals surface area (Å²) in [6.45, 7) is 13.3. The van der Waals surface area contributed by atoms with E-state index >= 15 is 0 Å². The zero-order chi connectivity index (χ0) is 15.3. The van der Waals surface area contributed by atoms with Crippen LogP contribution in [-0.4, -0.2) is 36.3 Å². The summed E-state index contributed by atoms with van der Waals surface area (Å²) in [7, 11) is 1.85. The molecule has 0 bridgehead atoms. The van der Waals surface area contributed by atoms with Crippen LogP contribution in [0.2, 0.25) is 0 Å². The highest BCUT2D eigenvalue weighted by Gasteiger charge is 2.21. The van der Waals surface area contributed by atoms with Gasteiger partial charge in [0.25, 0.3) is 0 Å². The molecule has 0 aliphatic heterocycles. The largest absolute Gasteiger partial charge is 0.475 e. The van der Waals surface area contributed by atoms with Gasteiger partial charge < -0.3 is 14.8 Å². The van der Waals surface area contributed by atoms with E-state index in [1.165, 1.54) is 0 Å². The lowest BCUT2D eigenvalue weighted by Gasteiger charge is -2.20. The number of hydrogen-bond acceptors (Lipinski definition) is 5. The zero-order valence-electron chi connectivity index (χ0n) is 13.7. The van der Waals surface area contributed by atoms with E-state index in [0.717, 1.165) is 17.2 Å². The molecule has 0 unspecified atom stereocenters. The Morgan fingerprint density at radius 2 is 1.80 bits per heavy atom. The Morgan fingerprint density at radius 3 is 2.30 bits per heavy atom. The highest BCUT2D eigenvalue weighted by atomic mass is 16.5. The molecule has 0 spiro atoms. The van der Waals surface area contributed by atoms with Crippen molar-refractivity contribution in [2.75, 3.05) is 25.6 Å². The first-order valence-corrected chi connectivity index (χ1v) is 7.07. The Bertz CT molecular complexity index is 439. The third-order valence-corrected chi connectivity index (χ3v) is 2.78. The van der Waals surface area contributed by atoms with Gasteiger partial charge >= 0.3 is 0 Å². The van der Waals surface area contributed by atoms with Crippen LogP contribution in [0.15, 0.2) is 0 Å². The fourth-order valence-electron chi connectivity index (χ4n) is 1.64. The fraction of sp³-hybridized carbons (Fsp3) is 0.733. The summed E-state index contributed by atoms with van der Waals surface area (Å²) in [5.74, 6) is 2.21. The van der Waals surface area contributed by atoms with Gasteiger partial charge in [0.05, 0.1) is 18.3 Å². The van der Waals surface area contributed by atoms with E-state index in [4.69, 9.17) is 9.47 Å². The van der Waals surface area contributed by atoms with Crippen LogP contribution in [0.3, 0.4) is 0 Å². The molecule has 1 heterocycles. The average Bonchev–Trinajstić information content (AvgIpc) is 2.34. The Labute approximate surface area is 122 Å². The Balaban J connectivity index is 2.88. The third-order valence-electron chi connectivity index (χ3n) is 2.78. The second-order valence-electron chi connectivity index (χ2n) is 6.09. The summed E-state index contributed by atoms with van der Waals surface area (Å²) in [5, 5.41) is 3.09. The molecule has 1 aromatic heterocycles. The number of hydrogen-bond donors (Lipinski definition) is 1. The van der Waals surface area contributed by atoms with Gasteiger partial charge in [0.2, 0.25) is 5.88 Å². The van der Waals surface area contributed by atoms with Gasteiger partial charge in [-0.05, 0) is 20.8 Å². The van der Waals surface area contributed by atoms with E-state index < -0.39 is 0 Å². The van der Waals surface area contributed by atoms with E-state index in [1.54, 1.807) is 0 Å². The van der Waals surface area contributed by atoms with E-state index in [-0.39, 0.29) is 11.5 Å². The molecular formula is C15H27N3O2. The Hall–Kier alpha value is -1.36. The molecule has 5 nitrogen and oxygen atoms in total. The second kappa shape index (κ2) is 6.88. The Morgan fingerprint density at radius 1 is 1.15 bits per heavy atom. The van der Waals surface area contributed by atoms with E-state index in [0.29, 0.717) is 19.1 Å². The van der Waals surface area contributed by atoms with E-state index in [2.05, 4.69) is 36.1 Å². The third kappa shape index (κ3) is 4.63. The molecular weight excluding hydrogens is 254 g/mol. The molecule has 20 heavy (non-hydrogen) atoms. The maximum Gasteiger partial charge on any atom is 0.221 e. The van der Waals surface area contributed by atoms with Gasteiger partial charge in [0.15, 0.2) is 0 Å². The molecule has 0 saturated heterocycles. The molecule has 114 valence electrons. The molecule has 0 amide bonds. The average molecular weight is 281 g/mol. The smallest absolute Gasteiger partial charge is 0.221 e. The molecule has 0 aliphatic carbocycles. The number of ether oxygens (including phenoxy) is 2. The molecule has 0 aliphatic rings. The summed E-state index contributed by atoms with van der Waals surface area (Å²) in [6.07, 6.45) is 0.211. The number of nitrogens with zero attached hydrogens (tertiary/aromatic N) is 2. The van der Waals surface area contributed by atoms with Gasteiger partial charge in [0.1, 0.15) is 18.2 Å². The van der Waals surface area contributed by atoms with Gasteiger partial charge in [0, 0.05) is 12.5 Å². The van der Waals surface area contributed by atoms with Crippen molar-refractivity contribution in [2.45, 2.75) is 53.1 Å². The monoisotopic (exact) mass is 281 g/mol. The molecule has 1 N–H and O–H groups in total. The lowest BCUT2D eigenvalue weighted by atomic mass is 9.95. The minimum atomic E-state index is -0.119. The minimum Gasteiger partial charge on any atom is -0.475 e. The maximum atomic E-state index is 5.75. The van der Waals surface area contributed by atoms with Crippen LogP contribution in [0, 0.1) is 6.92 Å². The van der Waals surface area contributed by atoms with Crippen LogP contribution in [-0.2, 0) is 10.2 Å². The first-order valence-electron chi connectivity index (χ1n) is 7.07. The van der Waals surface area contributed by atoms with Crippen LogP contribution in [0.4, 0.5) is 5.82 Å². The van der Waals surface area contributed by atoms with Gasteiger partial charge in [-0.25, -0.2) is 4.98 Å². The van der Waals surface area contributed by atoms with Crippen molar-refractivity contribution in [3.05, 3.63) is 11.4 Å². The predicted molar refractivity (Wildman–Crippen MR) is 81.6 cm³/mol. The highest BCUT2D eigenvalue weighted by molar-refractivity contribution is 5.48. The predicted octanol–water partition coefficient (Wildman–Crippen LogP) is 2.93. The molecule has 0 saturated carbocycles. The topological polar surface area (TPSA) is 56.3 Å². The standard InChI is InChI=1S/C15H27N3O2/c1-10(2)19-8-9-20-13-11(3)12(16-7)17-14(18-13)15(4,5)6/h10H,8-9H2,1-7H3,(H,16,17,18). The lowest BCUT2D eigenvalue weighted by molar-refractivity contribution is 0.0540. The quantitative estimate of drug-likeness (QED) is 0.812. The van der Waals surface area contributed by atoms with Crippen molar-refractivity contribution >= 4 is 5.82 Å². The highest BCUT2D eigenvalue weighted by Crippen LogP contribution is 2.27. The van der Waals surface area contributed by atoms with Crippen molar-refractivity contribution in [2.24, 2.45) is 0 Å². The first-order chi connectivity index (χ1) is 9.25. The van der Waals surface area contributed by atoms with Crippen LogP contribution >= 0.6 is 0 Å². The maximum absolute atomic E-state index is 5.75. The van der Waals surface area contributed by atoms with E-state index in [9.17, 15) is 0 Å². The SMILES string of the molecule is CNc1nc(C(C)(C)C)nc(OCCOC(C)C)c1C. The van der Waals surface area contributed by atoms with Crippen molar-refractivity contribution in [1.82, 2.24) is 9.97 Å². The molecule has 0 atom stereocenters. The van der Waals surface area contributed by atoms with Crippen molar-refractivity contribution in [3.8, 4) is 5.88 Å². The first kappa shape index (κ1) is 16.7. The molecule has 0 radical (unpaired) electrons. The summed E-state index contributed by atoms with van der Waals surface area (Å²) in [6, 6.07) is 0. The van der Waals surface area contributed by atoms with Crippen LogP contribution in [0.1, 0.15) is 46.0 Å². The normalized spacial score (nSPS) is 11.8. The molecule has 5 heteroatoms. The number of aromatic nitrogens is 2. The van der Waals surface area contributed by atoms with Gasteiger partial charge in [-0.1, -0.05) is 20.8 Å². The number of anilines is 1. The van der Waals surface area contributed by atoms with Crippen molar-refractivity contribution < 1.29 is 9.47 Å². The van der Waals surface area contributed by atoms with Gasteiger partial charge in [-0.2, -0.15) is 4.98 Å². The molecule has 1 aromatic rings. The minimum absolute atomic E-state index is 0.119.